The second-order valence-electron chi connectivity index (χ2n) is 6.08. The van der Waals surface area contributed by atoms with E-state index < -0.39 is 0 Å². The van der Waals surface area contributed by atoms with Gasteiger partial charge in [0.15, 0.2) is 0 Å². The van der Waals surface area contributed by atoms with E-state index in [1.54, 1.807) is 0 Å². The van der Waals surface area contributed by atoms with E-state index in [4.69, 9.17) is 9.47 Å². The highest BCUT2D eigenvalue weighted by Gasteiger charge is 2.31. The molecule has 1 fully saturated rings. The number of rotatable bonds is 3. The third-order valence-corrected chi connectivity index (χ3v) is 4.63. The van der Waals surface area contributed by atoms with Crippen molar-refractivity contribution in [1.29, 1.82) is 0 Å². The van der Waals surface area contributed by atoms with E-state index in [-0.39, 0.29) is 12.0 Å². The molecule has 1 N–H and O–H groups in total. The molecule has 3 aromatic rings. The number of hydrogen-bond acceptors (Lipinski definition) is 2. The molecule has 23 heavy (non-hydrogen) atoms. The van der Waals surface area contributed by atoms with Crippen LogP contribution < -0.4 is 0 Å². The Morgan fingerprint density at radius 1 is 1.00 bits per heavy atom. The van der Waals surface area contributed by atoms with Crippen LogP contribution in [0.2, 0.25) is 0 Å². The van der Waals surface area contributed by atoms with Crippen molar-refractivity contribution >= 4 is 10.9 Å². The van der Waals surface area contributed by atoms with E-state index in [1.807, 2.05) is 0 Å². The summed E-state index contributed by atoms with van der Waals surface area (Å²) in [6.07, 6.45) is 0.0454. The van der Waals surface area contributed by atoms with Crippen LogP contribution in [0.1, 0.15) is 22.7 Å². The number of aryl methyl sites for hydroxylation is 1. The van der Waals surface area contributed by atoms with Gasteiger partial charge >= 0.3 is 0 Å². The van der Waals surface area contributed by atoms with E-state index >= 15 is 0 Å². The molecule has 0 aliphatic carbocycles. The lowest BCUT2D eigenvalue weighted by molar-refractivity contribution is -0.0936. The van der Waals surface area contributed by atoms with Gasteiger partial charge in [0.05, 0.1) is 25.9 Å². The van der Waals surface area contributed by atoms with Gasteiger partial charge in [-0.1, -0.05) is 48.5 Å². The quantitative estimate of drug-likeness (QED) is 0.793. The number of fused-ring (bicyclic) bond motifs is 1. The Morgan fingerprint density at radius 3 is 2.57 bits per heavy atom. The molecule has 1 aromatic heterocycles. The topological polar surface area (TPSA) is 34.2 Å². The molecule has 1 aliphatic heterocycles. The van der Waals surface area contributed by atoms with E-state index in [1.165, 1.54) is 27.7 Å². The standard InChI is InChI=1S/C20H21NO2/c1-14-19(16-9-5-6-10-17(16)21-14)20(15-7-3-2-4-8-15)18-13-22-11-12-23-18/h2-10,18,20-21H,11-13H2,1H3/t18-,20-/m1/s1. The van der Waals surface area contributed by atoms with Gasteiger partial charge < -0.3 is 14.5 Å². The summed E-state index contributed by atoms with van der Waals surface area (Å²) >= 11 is 0. The maximum absolute atomic E-state index is 6.08. The van der Waals surface area contributed by atoms with E-state index in [9.17, 15) is 0 Å². The number of nitrogens with one attached hydrogen (secondary N) is 1. The minimum absolute atomic E-state index is 0.0454. The maximum Gasteiger partial charge on any atom is 0.0919 e. The summed E-state index contributed by atoms with van der Waals surface area (Å²) < 4.78 is 11.8. The average molecular weight is 307 g/mol. The number of aromatic amines is 1. The molecule has 0 bridgehead atoms. The van der Waals surface area contributed by atoms with Crippen LogP contribution in [0.25, 0.3) is 10.9 Å². The Bertz CT molecular complexity index is 788. The Kier molecular flexibility index (Phi) is 3.90. The van der Waals surface area contributed by atoms with Crippen LogP contribution in [0.4, 0.5) is 0 Å². The van der Waals surface area contributed by atoms with Crippen molar-refractivity contribution in [2.45, 2.75) is 18.9 Å². The largest absolute Gasteiger partial charge is 0.376 e. The summed E-state index contributed by atoms with van der Waals surface area (Å²) in [6, 6.07) is 19.1. The number of benzene rings is 2. The molecule has 2 heterocycles. The molecule has 3 nitrogen and oxygen atoms in total. The summed E-state index contributed by atoms with van der Waals surface area (Å²) in [6.45, 7) is 4.13. The molecule has 1 saturated heterocycles. The third-order valence-electron chi connectivity index (χ3n) is 4.63. The Balaban J connectivity index is 1.88. The molecule has 118 valence electrons. The fraction of sp³-hybridized carbons (Fsp3) is 0.300. The molecule has 0 saturated carbocycles. The van der Waals surface area contributed by atoms with Gasteiger partial charge in [-0.3, -0.25) is 0 Å². The summed E-state index contributed by atoms with van der Waals surface area (Å²) in [5, 5.41) is 1.27. The molecule has 1 aliphatic rings. The minimum atomic E-state index is 0.0454. The van der Waals surface area contributed by atoms with Crippen molar-refractivity contribution in [1.82, 2.24) is 4.98 Å². The van der Waals surface area contributed by atoms with Crippen molar-refractivity contribution in [2.75, 3.05) is 19.8 Å². The second kappa shape index (κ2) is 6.19. The normalized spacial score (nSPS) is 19.8. The molecule has 2 atom stereocenters. The Hall–Kier alpha value is -2.10. The van der Waals surface area contributed by atoms with Crippen LogP contribution in [-0.4, -0.2) is 30.9 Å². The molecule has 0 spiro atoms. The molecule has 4 rings (SSSR count). The minimum Gasteiger partial charge on any atom is -0.376 e. The van der Waals surface area contributed by atoms with Crippen LogP contribution in [0, 0.1) is 6.92 Å². The van der Waals surface area contributed by atoms with Crippen molar-refractivity contribution in [3.8, 4) is 0 Å². The Morgan fingerprint density at radius 2 is 1.78 bits per heavy atom. The second-order valence-corrected chi connectivity index (χ2v) is 6.08. The lowest BCUT2D eigenvalue weighted by atomic mass is 9.85. The van der Waals surface area contributed by atoms with Crippen LogP contribution in [-0.2, 0) is 9.47 Å². The third kappa shape index (κ3) is 2.67. The lowest BCUT2D eigenvalue weighted by Crippen LogP contribution is -2.34. The van der Waals surface area contributed by atoms with E-state index in [2.05, 4.69) is 66.5 Å². The summed E-state index contributed by atoms with van der Waals surface area (Å²) in [5.41, 5.74) is 4.98. The highest BCUT2D eigenvalue weighted by Crippen LogP contribution is 2.37. The molecular formula is C20H21NO2. The van der Waals surface area contributed by atoms with E-state index in [0.29, 0.717) is 19.8 Å². The summed E-state index contributed by atoms with van der Waals surface area (Å²) in [4.78, 5) is 3.52. The van der Waals surface area contributed by atoms with Crippen LogP contribution in [0.3, 0.4) is 0 Å². The van der Waals surface area contributed by atoms with Crippen molar-refractivity contribution < 1.29 is 9.47 Å². The highest BCUT2D eigenvalue weighted by atomic mass is 16.6. The van der Waals surface area contributed by atoms with Gasteiger partial charge in [-0.25, -0.2) is 0 Å². The first-order valence-electron chi connectivity index (χ1n) is 8.16. The zero-order valence-corrected chi connectivity index (χ0v) is 13.3. The monoisotopic (exact) mass is 307 g/mol. The molecule has 3 heteroatoms. The number of ether oxygens (including phenoxy) is 2. The number of H-pyrrole nitrogens is 1. The average Bonchev–Trinajstić information content (AvgIpc) is 2.94. The summed E-state index contributed by atoms with van der Waals surface area (Å²) in [7, 11) is 0. The molecule has 0 radical (unpaired) electrons. The fourth-order valence-electron chi connectivity index (χ4n) is 3.63. The zero-order chi connectivity index (χ0) is 15.6. The van der Waals surface area contributed by atoms with Crippen LogP contribution in [0.15, 0.2) is 54.6 Å². The molecular weight excluding hydrogens is 286 g/mol. The molecule has 2 aromatic carbocycles. The predicted molar refractivity (Wildman–Crippen MR) is 91.9 cm³/mol. The number of hydrogen-bond donors (Lipinski definition) is 1. The SMILES string of the molecule is Cc1[nH]c2ccccc2c1[C@H](c1ccccc1)[C@H]1COCCO1. The Labute approximate surface area is 136 Å². The van der Waals surface area contributed by atoms with Gasteiger partial charge in [-0.05, 0) is 24.1 Å². The van der Waals surface area contributed by atoms with Gasteiger partial charge in [-0.2, -0.15) is 0 Å². The summed E-state index contributed by atoms with van der Waals surface area (Å²) in [5.74, 6) is 0.174. The highest BCUT2D eigenvalue weighted by molar-refractivity contribution is 5.85. The number of para-hydroxylation sites is 1. The van der Waals surface area contributed by atoms with Gasteiger partial charge in [0.2, 0.25) is 0 Å². The van der Waals surface area contributed by atoms with Gasteiger partial charge in [0, 0.05) is 22.5 Å². The first-order chi connectivity index (χ1) is 11.3. The predicted octanol–water partition coefficient (Wildman–Crippen LogP) is 4.02. The fourth-order valence-corrected chi connectivity index (χ4v) is 3.63. The van der Waals surface area contributed by atoms with Crippen LogP contribution >= 0.6 is 0 Å². The first kappa shape index (κ1) is 14.5. The van der Waals surface area contributed by atoms with Crippen molar-refractivity contribution in [3.05, 3.63) is 71.4 Å². The first-order valence-corrected chi connectivity index (χ1v) is 8.16. The van der Waals surface area contributed by atoms with Gasteiger partial charge in [-0.15, -0.1) is 0 Å². The van der Waals surface area contributed by atoms with Crippen molar-refractivity contribution in [3.63, 3.8) is 0 Å². The maximum atomic E-state index is 6.08. The van der Waals surface area contributed by atoms with Crippen LogP contribution in [0.5, 0.6) is 0 Å². The van der Waals surface area contributed by atoms with Crippen molar-refractivity contribution in [2.24, 2.45) is 0 Å². The molecule has 0 unspecified atom stereocenters. The van der Waals surface area contributed by atoms with E-state index in [0.717, 1.165) is 0 Å². The number of aromatic nitrogens is 1. The zero-order valence-electron chi connectivity index (χ0n) is 13.3. The smallest absolute Gasteiger partial charge is 0.0919 e. The van der Waals surface area contributed by atoms with Gasteiger partial charge in [0.25, 0.3) is 0 Å². The molecule has 0 amide bonds. The van der Waals surface area contributed by atoms with Gasteiger partial charge in [0.1, 0.15) is 0 Å². The lowest BCUT2D eigenvalue weighted by Gasteiger charge is -2.31.